The van der Waals surface area contributed by atoms with E-state index in [1.807, 2.05) is 48.5 Å². The largest absolute Gasteiger partial charge is 0.496 e. The van der Waals surface area contributed by atoms with Crippen molar-refractivity contribution in [2.45, 2.75) is 33.4 Å². The average Bonchev–Trinajstić information content (AvgIpc) is 3.37. The number of nitrogens with zero attached hydrogens (tertiary/aromatic N) is 3. The number of thiocarbonyl (C=S) groups is 1. The number of rotatable bonds is 6. The van der Waals surface area contributed by atoms with Gasteiger partial charge >= 0.3 is 0 Å². The second-order valence-corrected chi connectivity index (χ2v) is 9.37. The summed E-state index contributed by atoms with van der Waals surface area (Å²) in [4.78, 5) is 6.87. The Hall–Kier alpha value is -3.97. The summed E-state index contributed by atoms with van der Waals surface area (Å²) in [7, 11) is 1.68. The van der Waals surface area contributed by atoms with Crippen LogP contribution in [0.25, 0.3) is 17.0 Å². The smallest absolute Gasteiger partial charge is 0.258 e. The Bertz CT molecular complexity index is 1420. The number of methoxy groups -OCH3 is 1. The van der Waals surface area contributed by atoms with Gasteiger partial charge in [0.15, 0.2) is 5.11 Å². The number of benzene rings is 3. The number of ether oxygens (including phenoxy) is 1. The molecule has 7 heteroatoms. The molecule has 1 aliphatic rings. The van der Waals surface area contributed by atoms with Crippen LogP contribution in [0.5, 0.6) is 5.75 Å². The Morgan fingerprint density at radius 1 is 0.944 bits per heavy atom. The molecule has 0 saturated carbocycles. The minimum absolute atomic E-state index is 0.224. The zero-order valence-corrected chi connectivity index (χ0v) is 21.6. The van der Waals surface area contributed by atoms with Crippen molar-refractivity contribution < 1.29 is 9.26 Å². The van der Waals surface area contributed by atoms with E-state index in [2.05, 4.69) is 60.4 Å². The Balaban J connectivity index is 1.60. The van der Waals surface area contributed by atoms with E-state index in [0.29, 0.717) is 23.4 Å². The van der Waals surface area contributed by atoms with Crippen molar-refractivity contribution in [1.82, 2.24) is 20.4 Å². The maximum atomic E-state index is 5.86. The molecule has 6 nitrogen and oxygen atoms in total. The molecular weight excluding hydrogens is 468 g/mol. The molecule has 0 amide bonds. The molecule has 1 unspecified atom stereocenters. The van der Waals surface area contributed by atoms with Gasteiger partial charge in [-0.25, -0.2) is 0 Å². The van der Waals surface area contributed by atoms with Gasteiger partial charge in [0, 0.05) is 16.8 Å². The van der Waals surface area contributed by atoms with Gasteiger partial charge in [-0.1, -0.05) is 83.0 Å². The van der Waals surface area contributed by atoms with Gasteiger partial charge in [-0.15, -0.1) is 0 Å². The Morgan fingerprint density at radius 2 is 1.61 bits per heavy atom. The fourth-order valence-electron chi connectivity index (χ4n) is 4.41. The van der Waals surface area contributed by atoms with E-state index in [1.165, 1.54) is 11.1 Å². The molecule has 1 N–H and O–H groups in total. The summed E-state index contributed by atoms with van der Waals surface area (Å²) in [5.74, 6) is 1.83. The third-order valence-electron chi connectivity index (χ3n) is 6.49. The van der Waals surface area contributed by atoms with Crippen LogP contribution in [0, 0.1) is 13.8 Å². The zero-order chi connectivity index (χ0) is 25.2. The Morgan fingerprint density at radius 3 is 2.31 bits per heavy atom. The molecule has 1 aromatic heterocycles. The van der Waals surface area contributed by atoms with E-state index < -0.39 is 0 Å². The number of aromatic nitrogens is 2. The van der Waals surface area contributed by atoms with Gasteiger partial charge < -0.3 is 19.5 Å². The lowest BCUT2D eigenvalue weighted by Gasteiger charge is -2.37. The summed E-state index contributed by atoms with van der Waals surface area (Å²) in [6, 6.07) is 24.2. The number of nitrogens with one attached hydrogen (secondary N) is 1. The van der Waals surface area contributed by atoms with Crippen molar-refractivity contribution in [1.29, 1.82) is 0 Å². The lowest BCUT2D eigenvalue weighted by Crippen LogP contribution is -2.45. The highest BCUT2D eigenvalue weighted by atomic mass is 32.1. The number of aryl methyl sites for hydroxylation is 2. The summed E-state index contributed by atoms with van der Waals surface area (Å²) in [6.07, 6.45) is 0. The van der Waals surface area contributed by atoms with Gasteiger partial charge in [0.2, 0.25) is 5.82 Å². The number of para-hydroxylation sites is 1. The van der Waals surface area contributed by atoms with Crippen molar-refractivity contribution >= 4 is 22.9 Å². The second kappa shape index (κ2) is 9.95. The monoisotopic (exact) mass is 496 g/mol. The zero-order valence-electron chi connectivity index (χ0n) is 20.8. The van der Waals surface area contributed by atoms with Crippen LogP contribution >= 0.6 is 12.2 Å². The van der Waals surface area contributed by atoms with Gasteiger partial charge in [0.25, 0.3) is 5.89 Å². The molecule has 182 valence electrons. The van der Waals surface area contributed by atoms with Crippen molar-refractivity contribution in [3.8, 4) is 17.1 Å². The molecule has 3 aromatic carbocycles. The van der Waals surface area contributed by atoms with Gasteiger partial charge in [0.1, 0.15) is 5.75 Å². The normalized spacial score (nSPS) is 15.7. The summed E-state index contributed by atoms with van der Waals surface area (Å²) in [6.45, 7) is 6.73. The van der Waals surface area contributed by atoms with Crippen LogP contribution in [0.3, 0.4) is 0 Å². The highest BCUT2D eigenvalue weighted by Crippen LogP contribution is 2.38. The van der Waals surface area contributed by atoms with E-state index in [9.17, 15) is 0 Å². The quantitative estimate of drug-likeness (QED) is 0.318. The van der Waals surface area contributed by atoms with Crippen LogP contribution in [0.2, 0.25) is 0 Å². The van der Waals surface area contributed by atoms with Crippen LogP contribution in [0.15, 0.2) is 83.0 Å². The van der Waals surface area contributed by atoms with Crippen LogP contribution < -0.4 is 10.1 Å². The van der Waals surface area contributed by atoms with Crippen molar-refractivity contribution in [3.05, 3.63) is 107 Å². The fraction of sp³-hybridized carbons (Fsp3) is 0.207. The molecule has 36 heavy (non-hydrogen) atoms. The SMILES string of the molecule is COc1ccccc1CN1C(=S)NC(c2ccc(C)cc2)C(c2nc(-c3ccc(C)cc3)no2)=C1C. The first kappa shape index (κ1) is 23.8. The predicted octanol–water partition coefficient (Wildman–Crippen LogP) is 6.22. The second-order valence-electron chi connectivity index (χ2n) is 8.98. The van der Waals surface area contributed by atoms with Gasteiger partial charge in [-0.2, -0.15) is 4.98 Å². The van der Waals surface area contributed by atoms with Crippen molar-refractivity contribution in [2.75, 3.05) is 7.11 Å². The maximum absolute atomic E-state index is 5.86. The topological polar surface area (TPSA) is 63.4 Å². The summed E-state index contributed by atoms with van der Waals surface area (Å²) >= 11 is 5.86. The van der Waals surface area contributed by atoms with Crippen LogP contribution in [0.4, 0.5) is 0 Å². The van der Waals surface area contributed by atoms with Gasteiger partial charge in [0.05, 0.1) is 25.3 Å². The van der Waals surface area contributed by atoms with E-state index in [-0.39, 0.29) is 6.04 Å². The van der Waals surface area contributed by atoms with Crippen LogP contribution in [-0.4, -0.2) is 27.3 Å². The molecule has 5 rings (SSSR count). The summed E-state index contributed by atoms with van der Waals surface area (Å²) in [5, 5.41) is 8.46. The first-order valence-electron chi connectivity index (χ1n) is 11.8. The van der Waals surface area contributed by atoms with E-state index in [0.717, 1.165) is 33.7 Å². The van der Waals surface area contributed by atoms with E-state index in [1.54, 1.807) is 7.11 Å². The van der Waals surface area contributed by atoms with Crippen molar-refractivity contribution in [3.63, 3.8) is 0 Å². The number of allylic oxidation sites excluding steroid dienone is 1. The molecule has 1 aliphatic heterocycles. The third kappa shape index (κ3) is 4.62. The molecule has 0 spiro atoms. The average molecular weight is 497 g/mol. The van der Waals surface area contributed by atoms with Crippen molar-refractivity contribution in [2.24, 2.45) is 0 Å². The first-order chi connectivity index (χ1) is 17.4. The van der Waals surface area contributed by atoms with E-state index in [4.69, 9.17) is 26.5 Å². The molecule has 0 radical (unpaired) electrons. The lowest BCUT2D eigenvalue weighted by molar-refractivity contribution is 0.387. The number of hydrogen-bond donors (Lipinski definition) is 1. The minimum Gasteiger partial charge on any atom is -0.496 e. The maximum Gasteiger partial charge on any atom is 0.258 e. The van der Waals surface area contributed by atoms with Gasteiger partial charge in [-0.3, -0.25) is 0 Å². The van der Waals surface area contributed by atoms with E-state index >= 15 is 0 Å². The van der Waals surface area contributed by atoms with Crippen LogP contribution in [-0.2, 0) is 6.54 Å². The Kier molecular flexibility index (Phi) is 6.57. The molecular formula is C29H28N4O2S. The molecule has 2 heterocycles. The predicted molar refractivity (Wildman–Crippen MR) is 145 cm³/mol. The Labute approximate surface area is 216 Å². The summed E-state index contributed by atoms with van der Waals surface area (Å²) < 4.78 is 11.4. The molecule has 0 aliphatic carbocycles. The first-order valence-corrected chi connectivity index (χ1v) is 12.2. The molecule has 1 atom stereocenters. The third-order valence-corrected chi connectivity index (χ3v) is 6.83. The minimum atomic E-state index is -0.224. The molecule has 0 fully saturated rings. The molecule has 0 saturated heterocycles. The standard InChI is InChI=1S/C29H28N4O2S/c1-18-9-13-21(14-10-18)26-25(28-31-27(32-35-28)22-15-11-19(2)12-16-22)20(3)33(29(36)30-26)17-23-7-5-6-8-24(23)34-4/h5-16,26H,17H2,1-4H3,(H,30,36). The number of hydrogen-bond acceptors (Lipinski definition) is 5. The highest BCUT2D eigenvalue weighted by Gasteiger charge is 2.34. The summed E-state index contributed by atoms with van der Waals surface area (Å²) in [5.41, 5.74) is 7.23. The van der Waals surface area contributed by atoms with Gasteiger partial charge in [-0.05, 0) is 44.6 Å². The fourth-order valence-corrected chi connectivity index (χ4v) is 4.73. The van der Waals surface area contributed by atoms with Crippen LogP contribution in [0.1, 0.15) is 41.1 Å². The highest BCUT2D eigenvalue weighted by molar-refractivity contribution is 7.80. The molecule has 4 aromatic rings. The molecule has 0 bridgehead atoms. The lowest BCUT2D eigenvalue weighted by atomic mass is 9.94.